The average molecular weight is 275 g/mol. The fourth-order valence-electron chi connectivity index (χ4n) is 2.72. The molecule has 0 spiro atoms. The molecule has 0 saturated carbocycles. The normalized spacial score (nSPS) is 22.1. The fourth-order valence-corrected chi connectivity index (χ4v) is 2.72. The second-order valence-corrected chi connectivity index (χ2v) is 5.38. The van der Waals surface area contributed by atoms with Gasteiger partial charge < -0.3 is 15.4 Å². The summed E-state index contributed by atoms with van der Waals surface area (Å²) in [6, 6.07) is 8.06. The van der Waals surface area contributed by atoms with Gasteiger partial charge in [0.1, 0.15) is 11.9 Å². The molecule has 1 amide bonds. The van der Waals surface area contributed by atoms with Crippen molar-refractivity contribution < 1.29 is 9.53 Å². The van der Waals surface area contributed by atoms with E-state index in [9.17, 15) is 4.79 Å². The number of para-hydroxylation sites is 1. The number of hydrogen-bond acceptors (Lipinski definition) is 4. The average Bonchev–Trinajstić information content (AvgIpc) is 2.89. The number of nitrogens with zero attached hydrogens (tertiary/aromatic N) is 1. The standard InChI is InChI=1S/C15H21N3O2/c19-15(11-18-7-5-16-6-8-18)17-10-13-9-12-3-1-2-4-14(12)20-13/h1-4,13,16H,5-11H2,(H,17,19)/t13-/m0/s1. The number of amides is 1. The highest BCUT2D eigenvalue weighted by atomic mass is 16.5. The van der Waals surface area contributed by atoms with Gasteiger partial charge in [-0.2, -0.15) is 0 Å². The molecule has 2 aliphatic heterocycles. The Bertz CT molecular complexity index is 447. The molecule has 1 saturated heterocycles. The number of ether oxygens (including phenoxy) is 1. The lowest BCUT2D eigenvalue weighted by atomic mass is 10.1. The van der Waals surface area contributed by atoms with Gasteiger partial charge in [-0.05, 0) is 11.6 Å². The maximum atomic E-state index is 11.9. The van der Waals surface area contributed by atoms with Crippen LogP contribution >= 0.6 is 0 Å². The van der Waals surface area contributed by atoms with Crippen molar-refractivity contribution in [1.29, 1.82) is 0 Å². The number of rotatable bonds is 4. The van der Waals surface area contributed by atoms with Crippen molar-refractivity contribution >= 4 is 5.91 Å². The molecule has 2 heterocycles. The van der Waals surface area contributed by atoms with Crippen LogP contribution in [-0.4, -0.2) is 56.2 Å². The molecule has 5 heteroatoms. The van der Waals surface area contributed by atoms with Gasteiger partial charge in [-0.25, -0.2) is 0 Å². The maximum Gasteiger partial charge on any atom is 0.234 e. The lowest BCUT2D eigenvalue weighted by molar-refractivity contribution is -0.122. The highest BCUT2D eigenvalue weighted by Gasteiger charge is 2.23. The second-order valence-electron chi connectivity index (χ2n) is 5.38. The van der Waals surface area contributed by atoms with Crippen molar-refractivity contribution in [2.24, 2.45) is 0 Å². The zero-order valence-electron chi connectivity index (χ0n) is 11.6. The minimum Gasteiger partial charge on any atom is -0.488 e. The van der Waals surface area contributed by atoms with Crippen molar-refractivity contribution in [2.75, 3.05) is 39.3 Å². The summed E-state index contributed by atoms with van der Waals surface area (Å²) in [6.45, 7) is 4.89. The highest BCUT2D eigenvalue weighted by Crippen LogP contribution is 2.27. The highest BCUT2D eigenvalue weighted by molar-refractivity contribution is 5.78. The third-order valence-electron chi connectivity index (χ3n) is 3.82. The fraction of sp³-hybridized carbons (Fsp3) is 0.533. The smallest absolute Gasteiger partial charge is 0.234 e. The summed E-state index contributed by atoms with van der Waals surface area (Å²) in [5.74, 6) is 1.04. The predicted molar refractivity (Wildman–Crippen MR) is 76.9 cm³/mol. The van der Waals surface area contributed by atoms with Crippen LogP contribution < -0.4 is 15.4 Å². The van der Waals surface area contributed by atoms with E-state index in [-0.39, 0.29) is 12.0 Å². The number of carbonyl (C=O) groups is 1. The van der Waals surface area contributed by atoms with E-state index in [0.29, 0.717) is 13.1 Å². The van der Waals surface area contributed by atoms with Gasteiger partial charge in [0.2, 0.25) is 5.91 Å². The molecule has 5 nitrogen and oxygen atoms in total. The lowest BCUT2D eigenvalue weighted by Crippen LogP contribution is -2.48. The molecule has 3 rings (SSSR count). The van der Waals surface area contributed by atoms with Gasteiger partial charge >= 0.3 is 0 Å². The number of piperazine rings is 1. The van der Waals surface area contributed by atoms with Crippen molar-refractivity contribution in [3.63, 3.8) is 0 Å². The number of fused-ring (bicyclic) bond motifs is 1. The van der Waals surface area contributed by atoms with Gasteiger partial charge in [0.25, 0.3) is 0 Å². The van der Waals surface area contributed by atoms with E-state index in [1.807, 2.05) is 18.2 Å². The minimum atomic E-state index is 0.0689. The van der Waals surface area contributed by atoms with Crippen LogP contribution in [0.3, 0.4) is 0 Å². The Morgan fingerprint density at radius 2 is 2.15 bits per heavy atom. The molecule has 1 fully saturated rings. The van der Waals surface area contributed by atoms with E-state index in [4.69, 9.17) is 4.74 Å². The van der Waals surface area contributed by atoms with Gasteiger partial charge in [0, 0.05) is 32.6 Å². The lowest BCUT2D eigenvalue weighted by Gasteiger charge is -2.26. The Morgan fingerprint density at radius 1 is 1.35 bits per heavy atom. The van der Waals surface area contributed by atoms with E-state index in [2.05, 4.69) is 21.6 Å². The molecule has 1 aromatic rings. The van der Waals surface area contributed by atoms with Crippen LogP contribution in [-0.2, 0) is 11.2 Å². The molecule has 1 atom stereocenters. The zero-order valence-corrected chi connectivity index (χ0v) is 11.6. The van der Waals surface area contributed by atoms with Gasteiger partial charge in [-0.3, -0.25) is 9.69 Å². The van der Waals surface area contributed by atoms with E-state index in [1.54, 1.807) is 0 Å². The summed E-state index contributed by atoms with van der Waals surface area (Å²) >= 11 is 0. The molecule has 2 N–H and O–H groups in total. The van der Waals surface area contributed by atoms with Crippen LogP contribution in [0.2, 0.25) is 0 Å². The Kier molecular flexibility index (Phi) is 4.18. The van der Waals surface area contributed by atoms with Crippen molar-refractivity contribution in [3.05, 3.63) is 29.8 Å². The summed E-state index contributed by atoms with van der Waals surface area (Å²) in [6.07, 6.45) is 0.948. The van der Waals surface area contributed by atoms with E-state index < -0.39 is 0 Å². The molecule has 0 bridgehead atoms. The molecular weight excluding hydrogens is 254 g/mol. The van der Waals surface area contributed by atoms with Crippen molar-refractivity contribution in [3.8, 4) is 5.75 Å². The first-order chi connectivity index (χ1) is 9.81. The topological polar surface area (TPSA) is 53.6 Å². The molecule has 0 aliphatic carbocycles. The van der Waals surface area contributed by atoms with E-state index >= 15 is 0 Å². The van der Waals surface area contributed by atoms with Gasteiger partial charge in [-0.15, -0.1) is 0 Å². The molecule has 0 aromatic heterocycles. The van der Waals surface area contributed by atoms with Crippen LogP contribution in [0.4, 0.5) is 0 Å². The molecule has 2 aliphatic rings. The minimum absolute atomic E-state index is 0.0689. The summed E-state index contributed by atoms with van der Waals surface area (Å²) in [7, 11) is 0. The summed E-state index contributed by atoms with van der Waals surface area (Å²) < 4.78 is 5.81. The zero-order chi connectivity index (χ0) is 13.8. The molecule has 0 unspecified atom stereocenters. The van der Waals surface area contributed by atoms with Gasteiger partial charge in [-0.1, -0.05) is 18.2 Å². The first-order valence-electron chi connectivity index (χ1n) is 7.25. The molecular formula is C15H21N3O2. The summed E-state index contributed by atoms with van der Waals surface area (Å²) in [5, 5.41) is 6.26. The number of nitrogens with one attached hydrogen (secondary N) is 2. The maximum absolute atomic E-state index is 11.9. The first-order valence-corrected chi connectivity index (χ1v) is 7.25. The second kappa shape index (κ2) is 6.24. The Hall–Kier alpha value is -1.59. The quantitative estimate of drug-likeness (QED) is 0.813. The molecule has 20 heavy (non-hydrogen) atoms. The van der Waals surface area contributed by atoms with Crippen molar-refractivity contribution in [2.45, 2.75) is 12.5 Å². The van der Waals surface area contributed by atoms with Crippen LogP contribution in [0.5, 0.6) is 5.75 Å². The monoisotopic (exact) mass is 275 g/mol. The first kappa shape index (κ1) is 13.4. The number of benzene rings is 1. The van der Waals surface area contributed by atoms with Crippen LogP contribution in [0, 0.1) is 0 Å². The predicted octanol–water partition coefficient (Wildman–Crippen LogP) is 0.0115. The number of hydrogen-bond donors (Lipinski definition) is 2. The van der Waals surface area contributed by atoms with E-state index in [1.165, 1.54) is 5.56 Å². The third kappa shape index (κ3) is 3.29. The summed E-state index contributed by atoms with van der Waals surface area (Å²) in [4.78, 5) is 14.1. The van der Waals surface area contributed by atoms with Gasteiger partial charge in [0.05, 0.1) is 13.1 Å². The summed E-state index contributed by atoms with van der Waals surface area (Å²) in [5.41, 5.74) is 1.23. The van der Waals surface area contributed by atoms with Crippen molar-refractivity contribution in [1.82, 2.24) is 15.5 Å². The van der Waals surface area contributed by atoms with Crippen LogP contribution in [0.15, 0.2) is 24.3 Å². The van der Waals surface area contributed by atoms with Crippen LogP contribution in [0.1, 0.15) is 5.56 Å². The Morgan fingerprint density at radius 3 is 2.95 bits per heavy atom. The largest absolute Gasteiger partial charge is 0.488 e. The number of carbonyl (C=O) groups excluding carboxylic acids is 1. The molecule has 108 valence electrons. The molecule has 0 radical (unpaired) electrons. The SMILES string of the molecule is O=C(CN1CCNCC1)NC[C@@H]1Cc2ccccc2O1. The van der Waals surface area contributed by atoms with E-state index in [0.717, 1.165) is 38.3 Å². The third-order valence-corrected chi connectivity index (χ3v) is 3.82. The molecule has 1 aromatic carbocycles. The van der Waals surface area contributed by atoms with Crippen LogP contribution in [0.25, 0.3) is 0 Å². The Balaban J connectivity index is 1.41. The Labute approximate surface area is 119 Å². The van der Waals surface area contributed by atoms with Gasteiger partial charge in [0.15, 0.2) is 0 Å².